The van der Waals surface area contributed by atoms with Crippen LogP contribution in [-0.4, -0.2) is 95.8 Å². The molecule has 2 aliphatic heterocycles. The summed E-state index contributed by atoms with van der Waals surface area (Å²) in [5.74, 6) is 1.04. The van der Waals surface area contributed by atoms with Gasteiger partial charge in [-0.2, -0.15) is 0 Å². The van der Waals surface area contributed by atoms with Gasteiger partial charge in [-0.25, -0.2) is 4.98 Å². The lowest BCUT2D eigenvalue weighted by atomic mass is 9.94. The van der Waals surface area contributed by atoms with Crippen molar-refractivity contribution in [3.8, 4) is 0 Å². The number of hydrogen-bond acceptors (Lipinski definition) is 6. The van der Waals surface area contributed by atoms with Crippen molar-refractivity contribution in [1.29, 1.82) is 0 Å². The third-order valence-electron chi connectivity index (χ3n) is 7.68. The lowest BCUT2D eigenvalue weighted by Gasteiger charge is -2.36. The Bertz CT molecular complexity index is 1130. The van der Waals surface area contributed by atoms with Gasteiger partial charge in [-0.1, -0.05) is 0 Å². The Hall–Kier alpha value is -3.62. The second-order valence-electron chi connectivity index (χ2n) is 10.6. The fourth-order valence-electron chi connectivity index (χ4n) is 5.44. The molecule has 0 bridgehead atoms. The van der Waals surface area contributed by atoms with Crippen LogP contribution in [0.2, 0.25) is 0 Å². The molecule has 1 N–H and O–H groups in total. The van der Waals surface area contributed by atoms with Gasteiger partial charge in [0.1, 0.15) is 0 Å². The maximum atomic E-state index is 13.2. The predicted octanol–water partition coefficient (Wildman–Crippen LogP) is 3.58. The van der Waals surface area contributed by atoms with Crippen LogP contribution < -0.4 is 10.2 Å². The molecule has 0 saturated carbocycles. The molecule has 1 aromatic heterocycles. The van der Waals surface area contributed by atoms with Crippen molar-refractivity contribution in [2.75, 3.05) is 62.6 Å². The Morgan fingerprint density at radius 1 is 0.872 bits per heavy atom. The normalized spacial score (nSPS) is 16.4. The van der Waals surface area contributed by atoms with E-state index in [1.54, 1.807) is 30.5 Å². The molecule has 2 fully saturated rings. The van der Waals surface area contributed by atoms with Crippen LogP contribution in [0, 0.1) is 5.92 Å². The maximum Gasteiger partial charge on any atom is 0.253 e. The highest BCUT2D eigenvalue weighted by Gasteiger charge is 2.30. The van der Waals surface area contributed by atoms with Crippen LogP contribution in [0.4, 0.5) is 11.5 Å². The highest BCUT2D eigenvalue weighted by Crippen LogP contribution is 2.25. The van der Waals surface area contributed by atoms with Crippen molar-refractivity contribution < 1.29 is 14.4 Å². The fourth-order valence-corrected chi connectivity index (χ4v) is 5.44. The molecule has 0 atom stereocenters. The van der Waals surface area contributed by atoms with E-state index in [2.05, 4.69) is 29.0 Å². The largest absolute Gasteiger partial charge is 0.380 e. The number of pyridine rings is 1. The predicted molar refractivity (Wildman–Crippen MR) is 154 cm³/mol. The standard InChI is InChI=1S/C30H42N6O3/c1-5-33(6-2)28(37)25-13-16-35(17-14-25)29(38)23-9-11-24(12-10-23)30(39)36-20-18-34(19-21-36)27-26(32-22(3)4)8-7-15-31-27/h7-12,15,22,25,32H,5-6,13-14,16-21H2,1-4H3. The number of carbonyl (C=O) groups is 3. The van der Waals surface area contributed by atoms with Crippen LogP contribution in [0.15, 0.2) is 42.6 Å². The van der Waals surface area contributed by atoms with Gasteiger partial charge in [0.25, 0.3) is 11.8 Å². The van der Waals surface area contributed by atoms with E-state index >= 15 is 0 Å². The average Bonchev–Trinajstić information content (AvgIpc) is 2.97. The summed E-state index contributed by atoms with van der Waals surface area (Å²) in [5, 5.41) is 3.45. The van der Waals surface area contributed by atoms with Gasteiger partial charge in [0.05, 0.1) is 5.69 Å². The first kappa shape index (κ1) is 28.4. The average molecular weight is 535 g/mol. The summed E-state index contributed by atoms with van der Waals surface area (Å²) in [6.07, 6.45) is 3.18. The number of likely N-dealkylation sites (tertiary alicyclic amines) is 1. The second-order valence-corrected chi connectivity index (χ2v) is 10.6. The highest BCUT2D eigenvalue weighted by molar-refractivity contribution is 5.98. The smallest absolute Gasteiger partial charge is 0.253 e. The van der Waals surface area contributed by atoms with Gasteiger partial charge in [0.15, 0.2) is 5.82 Å². The van der Waals surface area contributed by atoms with Gasteiger partial charge in [0.2, 0.25) is 5.91 Å². The van der Waals surface area contributed by atoms with Crippen LogP contribution in [0.5, 0.6) is 0 Å². The van der Waals surface area contributed by atoms with Crippen molar-refractivity contribution in [3.63, 3.8) is 0 Å². The molecule has 0 unspecified atom stereocenters. The van der Waals surface area contributed by atoms with Crippen molar-refractivity contribution in [2.24, 2.45) is 5.92 Å². The number of benzene rings is 1. The molecule has 39 heavy (non-hydrogen) atoms. The van der Waals surface area contributed by atoms with Crippen LogP contribution in [0.1, 0.15) is 61.3 Å². The number of carbonyl (C=O) groups excluding carboxylic acids is 3. The number of nitrogens with one attached hydrogen (secondary N) is 1. The number of amides is 3. The third-order valence-corrected chi connectivity index (χ3v) is 7.68. The van der Waals surface area contributed by atoms with Crippen molar-refractivity contribution in [2.45, 2.75) is 46.6 Å². The molecule has 2 aliphatic rings. The van der Waals surface area contributed by atoms with E-state index in [1.165, 1.54) is 0 Å². The van der Waals surface area contributed by atoms with E-state index in [0.29, 0.717) is 69.3 Å². The summed E-state index contributed by atoms with van der Waals surface area (Å²) in [7, 11) is 0. The van der Waals surface area contributed by atoms with E-state index in [4.69, 9.17) is 0 Å². The van der Waals surface area contributed by atoms with Crippen LogP contribution >= 0.6 is 0 Å². The number of piperidine rings is 1. The SMILES string of the molecule is CCN(CC)C(=O)C1CCN(C(=O)c2ccc(C(=O)N3CCN(c4ncccc4NC(C)C)CC3)cc2)CC1. The Kier molecular flexibility index (Phi) is 9.43. The summed E-state index contributed by atoms with van der Waals surface area (Å²) in [5.41, 5.74) is 2.17. The van der Waals surface area contributed by atoms with E-state index in [-0.39, 0.29) is 23.6 Å². The lowest BCUT2D eigenvalue weighted by Crippen LogP contribution is -2.49. The van der Waals surface area contributed by atoms with Gasteiger partial charge >= 0.3 is 0 Å². The summed E-state index contributed by atoms with van der Waals surface area (Å²) in [6, 6.07) is 11.3. The van der Waals surface area contributed by atoms with Gasteiger partial charge < -0.3 is 24.9 Å². The number of piperazine rings is 1. The molecule has 2 saturated heterocycles. The van der Waals surface area contributed by atoms with Crippen molar-refractivity contribution in [3.05, 3.63) is 53.7 Å². The summed E-state index contributed by atoms with van der Waals surface area (Å²) in [6.45, 7) is 13.4. The molecule has 210 valence electrons. The first-order valence-electron chi connectivity index (χ1n) is 14.3. The molecule has 1 aromatic carbocycles. The molecule has 0 spiro atoms. The van der Waals surface area contributed by atoms with E-state index in [1.807, 2.05) is 40.7 Å². The minimum Gasteiger partial charge on any atom is -0.380 e. The van der Waals surface area contributed by atoms with Crippen LogP contribution in [0.3, 0.4) is 0 Å². The Morgan fingerprint density at radius 3 is 1.92 bits per heavy atom. The molecular formula is C30H42N6O3. The van der Waals surface area contributed by atoms with E-state index < -0.39 is 0 Å². The topological polar surface area (TPSA) is 89.1 Å². The number of aromatic nitrogens is 1. The number of nitrogens with zero attached hydrogens (tertiary/aromatic N) is 5. The Labute approximate surface area is 232 Å². The maximum absolute atomic E-state index is 13.2. The first-order chi connectivity index (χ1) is 18.8. The van der Waals surface area contributed by atoms with Gasteiger partial charge in [-0.3, -0.25) is 14.4 Å². The minimum atomic E-state index is -0.0440. The zero-order valence-corrected chi connectivity index (χ0v) is 23.7. The van der Waals surface area contributed by atoms with Crippen LogP contribution in [0.25, 0.3) is 0 Å². The van der Waals surface area contributed by atoms with Gasteiger partial charge in [-0.15, -0.1) is 0 Å². The summed E-state index contributed by atoms with van der Waals surface area (Å²) >= 11 is 0. The number of anilines is 2. The third kappa shape index (κ3) is 6.69. The zero-order valence-electron chi connectivity index (χ0n) is 23.7. The fraction of sp³-hybridized carbons (Fsp3) is 0.533. The molecular weight excluding hydrogens is 492 g/mol. The second kappa shape index (κ2) is 13.0. The Balaban J connectivity index is 1.30. The lowest BCUT2D eigenvalue weighted by molar-refractivity contribution is -0.136. The van der Waals surface area contributed by atoms with Crippen molar-refractivity contribution >= 4 is 29.2 Å². The quantitative estimate of drug-likeness (QED) is 0.557. The molecule has 3 heterocycles. The summed E-state index contributed by atoms with van der Waals surface area (Å²) < 4.78 is 0. The zero-order chi connectivity index (χ0) is 27.9. The molecule has 0 aliphatic carbocycles. The van der Waals surface area contributed by atoms with Gasteiger partial charge in [-0.05, 0) is 76.9 Å². The van der Waals surface area contributed by atoms with E-state index in [9.17, 15) is 14.4 Å². The molecule has 9 nitrogen and oxygen atoms in total. The molecule has 0 radical (unpaired) electrons. The number of rotatable bonds is 8. The summed E-state index contributed by atoms with van der Waals surface area (Å²) in [4.78, 5) is 51.3. The van der Waals surface area contributed by atoms with E-state index in [0.717, 1.165) is 24.6 Å². The molecule has 3 amide bonds. The monoisotopic (exact) mass is 534 g/mol. The minimum absolute atomic E-state index is 0.00913. The van der Waals surface area contributed by atoms with Gasteiger partial charge in [0, 0.05) is 81.6 Å². The first-order valence-corrected chi connectivity index (χ1v) is 14.3. The highest BCUT2D eigenvalue weighted by atomic mass is 16.2. The Morgan fingerprint density at radius 2 is 1.41 bits per heavy atom. The van der Waals surface area contributed by atoms with Crippen molar-refractivity contribution in [1.82, 2.24) is 19.7 Å². The molecule has 9 heteroatoms. The number of hydrogen-bond donors (Lipinski definition) is 1. The molecule has 2 aromatic rings. The molecule has 4 rings (SSSR count). The van der Waals surface area contributed by atoms with Crippen LogP contribution in [-0.2, 0) is 4.79 Å².